The first kappa shape index (κ1) is 13.0. The Hall–Kier alpha value is -2.43. The molecule has 0 aliphatic heterocycles. The first-order valence-electron chi connectivity index (χ1n) is 5.99. The summed E-state index contributed by atoms with van der Waals surface area (Å²) in [5.74, 6) is 0. The van der Waals surface area contributed by atoms with Gasteiger partial charge in [0, 0.05) is 36.3 Å². The predicted molar refractivity (Wildman–Crippen MR) is 74.1 cm³/mol. The molecule has 2 aromatic rings. The Morgan fingerprint density at radius 2 is 1.95 bits per heavy atom. The molecule has 0 fully saturated rings. The number of nitro benzene ring substituents is 1. The zero-order chi connectivity index (χ0) is 13.8. The number of hydrogen-bond donors (Lipinski definition) is 1. The second-order valence-corrected chi connectivity index (χ2v) is 4.40. The van der Waals surface area contributed by atoms with E-state index in [1.807, 2.05) is 26.0 Å². The highest BCUT2D eigenvalue weighted by Crippen LogP contribution is 2.25. The molecule has 0 radical (unpaired) electrons. The van der Waals surface area contributed by atoms with Gasteiger partial charge in [-0.25, -0.2) is 0 Å². The van der Waals surface area contributed by atoms with Crippen LogP contribution in [0.25, 0.3) is 0 Å². The van der Waals surface area contributed by atoms with Gasteiger partial charge in [0.25, 0.3) is 5.69 Å². The Labute approximate surface area is 111 Å². The fourth-order valence-corrected chi connectivity index (χ4v) is 1.85. The maximum atomic E-state index is 10.8. The SMILES string of the molecule is Cc1ccc([N+](=O)[O-])cc1NC(C)c1ccncc1. The van der Waals surface area contributed by atoms with Crippen molar-refractivity contribution >= 4 is 11.4 Å². The monoisotopic (exact) mass is 257 g/mol. The van der Waals surface area contributed by atoms with Crippen molar-refractivity contribution in [3.8, 4) is 0 Å². The minimum absolute atomic E-state index is 0.0590. The van der Waals surface area contributed by atoms with Gasteiger partial charge >= 0.3 is 0 Å². The molecule has 1 atom stereocenters. The van der Waals surface area contributed by atoms with Crippen LogP contribution in [-0.2, 0) is 0 Å². The minimum atomic E-state index is -0.387. The Morgan fingerprint density at radius 1 is 1.26 bits per heavy atom. The van der Waals surface area contributed by atoms with Crippen LogP contribution in [-0.4, -0.2) is 9.91 Å². The fourth-order valence-electron chi connectivity index (χ4n) is 1.85. The molecular weight excluding hydrogens is 242 g/mol. The number of rotatable bonds is 4. The highest BCUT2D eigenvalue weighted by Gasteiger charge is 2.11. The van der Waals surface area contributed by atoms with Crippen molar-refractivity contribution in [2.75, 3.05) is 5.32 Å². The topological polar surface area (TPSA) is 68.1 Å². The van der Waals surface area contributed by atoms with Gasteiger partial charge in [0.15, 0.2) is 0 Å². The summed E-state index contributed by atoms with van der Waals surface area (Å²) in [7, 11) is 0. The lowest BCUT2D eigenvalue weighted by Crippen LogP contribution is -2.08. The van der Waals surface area contributed by atoms with Gasteiger partial charge in [0.1, 0.15) is 0 Å². The first-order chi connectivity index (χ1) is 9.08. The molecule has 0 saturated carbocycles. The van der Waals surface area contributed by atoms with Crippen LogP contribution in [0.3, 0.4) is 0 Å². The average Bonchev–Trinajstić information content (AvgIpc) is 2.42. The van der Waals surface area contributed by atoms with Crippen LogP contribution in [0.5, 0.6) is 0 Å². The molecule has 98 valence electrons. The quantitative estimate of drug-likeness (QED) is 0.672. The smallest absolute Gasteiger partial charge is 0.271 e. The first-order valence-corrected chi connectivity index (χ1v) is 5.99. The third kappa shape index (κ3) is 3.07. The van der Waals surface area contributed by atoms with Gasteiger partial charge in [-0.1, -0.05) is 6.07 Å². The number of pyridine rings is 1. The van der Waals surface area contributed by atoms with E-state index in [0.717, 1.165) is 16.8 Å². The minimum Gasteiger partial charge on any atom is -0.378 e. The summed E-state index contributed by atoms with van der Waals surface area (Å²) in [5, 5.41) is 14.1. The van der Waals surface area contributed by atoms with Crippen molar-refractivity contribution in [3.63, 3.8) is 0 Å². The van der Waals surface area contributed by atoms with Gasteiger partial charge in [-0.15, -0.1) is 0 Å². The van der Waals surface area contributed by atoms with Gasteiger partial charge in [0.05, 0.1) is 4.92 Å². The number of hydrogen-bond acceptors (Lipinski definition) is 4. The standard InChI is InChI=1S/C14H15N3O2/c1-10-3-4-13(17(18)19)9-14(10)16-11(2)12-5-7-15-8-6-12/h3-9,11,16H,1-2H3. The Balaban J connectivity index is 2.23. The Bertz CT molecular complexity index is 584. The lowest BCUT2D eigenvalue weighted by Gasteiger charge is -2.17. The lowest BCUT2D eigenvalue weighted by molar-refractivity contribution is -0.384. The maximum absolute atomic E-state index is 10.8. The van der Waals surface area contributed by atoms with E-state index in [1.54, 1.807) is 24.5 Å². The molecule has 5 heteroatoms. The van der Waals surface area contributed by atoms with Gasteiger partial charge in [-0.2, -0.15) is 0 Å². The molecule has 1 N–H and O–H groups in total. The van der Waals surface area contributed by atoms with E-state index < -0.39 is 0 Å². The highest BCUT2D eigenvalue weighted by atomic mass is 16.6. The second-order valence-electron chi connectivity index (χ2n) is 4.40. The van der Waals surface area contributed by atoms with Gasteiger partial charge in [-0.05, 0) is 37.1 Å². The zero-order valence-electron chi connectivity index (χ0n) is 10.8. The molecule has 0 aliphatic rings. The summed E-state index contributed by atoms with van der Waals surface area (Å²) in [6.45, 7) is 3.93. The van der Waals surface area contributed by atoms with E-state index in [1.165, 1.54) is 6.07 Å². The number of nitrogens with zero attached hydrogens (tertiary/aromatic N) is 2. The summed E-state index contributed by atoms with van der Waals surface area (Å²) in [6, 6.07) is 8.72. The maximum Gasteiger partial charge on any atom is 0.271 e. The molecule has 1 heterocycles. The van der Waals surface area contributed by atoms with E-state index in [-0.39, 0.29) is 16.7 Å². The van der Waals surface area contributed by atoms with E-state index in [4.69, 9.17) is 0 Å². The number of benzene rings is 1. The van der Waals surface area contributed by atoms with Crippen LogP contribution in [0.4, 0.5) is 11.4 Å². The molecule has 19 heavy (non-hydrogen) atoms. The number of nitro groups is 1. The van der Waals surface area contributed by atoms with E-state index in [2.05, 4.69) is 10.3 Å². The number of nitrogens with one attached hydrogen (secondary N) is 1. The van der Waals surface area contributed by atoms with Crippen LogP contribution in [0.15, 0.2) is 42.7 Å². The molecule has 0 spiro atoms. The Kier molecular flexibility index (Phi) is 3.75. The van der Waals surface area contributed by atoms with Crippen molar-refractivity contribution in [2.45, 2.75) is 19.9 Å². The third-order valence-electron chi connectivity index (χ3n) is 3.01. The lowest BCUT2D eigenvalue weighted by atomic mass is 10.1. The van der Waals surface area contributed by atoms with E-state index >= 15 is 0 Å². The summed E-state index contributed by atoms with van der Waals surface area (Å²) in [4.78, 5) is 14.4. The van der Waals surface area contributed by atoms with Crippen LogP contribution in [0, 0.1) is 17.0 Å². The molecule has 1 unspecified atom stereocenters. The highest BCUT2D eigenvalue weighted by molar-refractivity contribution is 5.57. The third-order valence-corrected chi connectivity index (χ3v) is 3.01. The van der Waals surface area contributed by atoms with Crippen molar-refractivity contribution in [2.24, 2.45) is 0 Å². The number of aromatic nitrogens is 1. The molecule has 0 saturated heterocycles. The summed E-state index contributed by atoms with van der Waals surface area (Å²) >= 11 is 0. The fraction of sp³-hybridized carbons (Fsp3) is 0.214. The number of non-ortho nitro benzene ring substituents is 1. The average molecular weight is 257 g/mol. The summed E-state index contributed by atoms with van der Waals surface area (Å²) in [5.41, 5.74) is 2.93. The van der Waals surface area contributed by atoms with Gasteiger partial charge in [-0.3, -0.25) is 15.1 Å². The molecule has 1 aromatic heterocycles. The molecule has 0 bridgehead atoms. The number of anilines is 1. The summed E-state index contributed by atoms with van der Waals surface area (Å²) < 4.78 is 0. The number of aryl methyl sites for hydroxylation is 1. The molecule has 5 nitrogen and oxygen atoms in total. The van der Waals surface area contributed by atoms with Crippen LogP contribution in [0.1, 0.15) is 24.1 Å². The zero-order valence-corrected chi connectivity index (χ0v) is 10.8. The van der Waals surface area contributed by atoms with Crippen molar-refractivity contribution < 1.29 is 4.92 Å². The van der Waals surface area contributed by atoms with E-state index in [0.29, 0.717) is 0 Å². The molecule has 1 aromatic carbocycles. The predicted octanol–water partition coefficient (Wildman–Crippen LogP) is 3.47. The normalized spacial score (nSPS) is 11.9. The van der Waals surface area contributed by atoms with E-state index in [9.17, 15) is 10.1 Å². The van der Waals surface area contributed by atoms with Crippen LogP contribution in [0.2, 0.25) is 0 Å². The molecule has 2 rings (SSSR count). The van der Waals surface area contributed by atoms with Gasteiger partial charge < -0.3 is 5.32 Å². The van der Waals surface area contributed by atoms with Crippen LogP contribution >= 0.6 is 0 Å². The molecule has 0 aliphatic carbocycles. The second kappa shape index (κ2) is 5.48. The Morgan fingerprint density at radius 3 is 2.58 bits per heavy atom. The van der Waals surface area contributed by atoms with Crippen molar-refractivity contribution in [1.29, 1.82) is 0 Å². The van der Waals surface area contributed by atoms with Gasteiger partial charge in [0.2, 0.25) is 0 Å². The van der Waals surface area contributed by atoms with Crippen LogP contribution < -0.4 is 5.32 Å². The van der Waals surface area contributed by atoms with Crippen molar-refractivity contribution in [1.82, 2.24) is 4.98 Å². The largest absolute Gasteiger partial charge is 0.378 e. The van der Waals surface area contributed by atoms with Crippen molar-refractivity contribution in [3.05, 3.63) is 64.0 Å². The summed E-state index contributed by atoms with van der Waals surface area (Å²) in [6.07, 6.45) is 3.46. The molecule has 0 amide bonds. The molecular formula is C14H15N3O2.